The summed E-state index contributed by atoms with van der Waals surface area (Å²) in [6.45, 7) is 7.88. The SMILES string of the molecule is C/C(=C\C=C(/C)c1cccnc1)C(=O)O.CCc1cccc2cccc(C)c12. The van der Waals surface area contributed by atoms with Crippen LogP contribution in [0.1, 0.15) is 37.5 Å². The second kappa shape index (κ2) is 10.2. The second-order valence-electron chi connectivity index (χ2n) is 6.69. The first-order valence-electron chi connectivity index (χ1n) is 9.40. The van der Waals surface area contributed by atoms with E-state index in [0.29, 0.717) is 5.57 Å². The first-order chi connectivity index (χ1) is 13.4. The van der Waals surface area contributed by atoms with E-state index in [-0.39, 0.29) is 0 Å². The van der Waals surface area contributed by atoms with Crippen LogP contribution in [0.2, 0.25) is 0 Å². The summed E-state index contributed by atoms with van der Waals surface area (Å²) >= 11 is 0. The van der Waals surface area contributed by atoms with Crippen LogP contribution < -0.4 is 0 Å². The van der Waals surface area contributed by atoms with Crippen molar-refractivity contribution in [2.45, 2.75) is 34.1 Å². The zero-order valence-electron chi connectivity index (χ0n) is 16.9. The summed E-state index contributed by atoms with van der Waals surface area (Å²) in [6, 6.07) is 16.8. The second-order valence-corrected chi connectivity index (χ2v) is 6.69. The Morgan fingerprint density at radius 3 is 2.36 bits per heavy atom. The molecular formula is C25H27NO2. The normalized spacial score (nSPS) is 11.7. The lowest BCUT2D eigenvalue weighted by atomic mass is 9.99. The summed E-state index contributed by atoms with van der Waals surface area (Å²) in [4.78, 5) is 14.5. The number of fused-ring (bicyclic) bond motifs is 1. The Morgan fingerprint density at radius 1 is 1.04 bits per heavy atom. The van der Waals surface area contributed by atoms with Gasteiger partial charge in [0.1, 0.15) is 0 Å². The highest BCUT2D eigenvalue weighted by molar-refractivity contribution is 5.88. The molecule has 1 N–H and O–H groups in total. The molecule has 144 valence electrons. The van der Waals surface area contributed by atoms with Crippen molar-refractivity contribution in [1.82, 2.24) is 4.98 Å². The summed E-state index contributed by atoms with van der Waals surface area (Å²) in [5, 5.41) is 11.5. The summed E-state index contributed by atoms with van der Waals surface area (Å²) in [5.74, 6) is -0.898. The quantitative estimate of drug-likeness (QED) is 0.436. The van der Waals surface area contributed by atoms with Crippen molar-refractivity contribution in [2.24, 2.45) is 0 Å². The molecule has 0 atom stereocenters. The number of pyridine rings is 1. The third kappa shape index (κ3) is 5.65. The van der Waals surface area contributed by atoms with Crippen molar-refractivity contribution in [3.63, 3.8) is 0 Å². The molecule has 0 radical (unpaired) electrons. The van der Waals surface area contributed by atoms with Gasteiger partial charge in [0.2, 0.25) is 0 Å². The topological polar surface area (TPSA) is 50.2 Å². The smallest absolute Gasteiger partial charge is 0.331 e. The van der Waals surface area contributed by atoms with E-state index < -0.39 is 5.97 Å². The Labute approximate surface area is 167 Å². The molecule has 0 fully saturated rings. The fourth-order valence-corrected chi connectivity index (χ4v) is 2.93. The number of benzene rings is 2. The van der Waals surface area contributed by atoms with E-state index >= 15 is 0 Å². The van der Waals surface area contributed by atoms with Crippen LogP contribution in [0.25, 0.3) is 16.3 Å². The van der Waals surface area contributed by atoms with Gasteiger partial charge in [0.05, 0.1) is 0 Å². The molecule has 28 heavy (non-hydrogen) atoms. The molecule has 0 bridgehead atoms. The number of carboxylic acid groups (broad SMARTS) is 1. The Kier molecular flexibility index (Phi) is 7.70. The first-order valence-corrected chi connectivity index (χ1v) is 9.40. The fourth-order valence-electron chi connectivity index (χ4n) is 2.93. The third-order valence-electron chi connectivity index (χ3n) is 4.62. The number of aryl methyl sites for hydroxylation is 2. The molecule has 3 nitrogen and oxygen atoms in total. The Morgan fingerprint density at radius 2 is 1.75 bits per heavy atom. The maximum atomic E-state index is 10.5. The van der Waals surface area contributed by atoms with Gasteiger partial charge in [-0.2, -0.15) is 0 Å². The summed E-state index contributed by atoms with van der Waals surface area (Å²) < 4.78 is 0. The molecule has 0 unspecified atom stereocenters. The molecule has 3 aromatic rings. The molecule has 0 spiro atoms. The number of hydrogen-bond donors (Lipinski definition) is 1. The van der Waals surface area contributed by atoms with E-state index in [9.17, 15) is 4.79 Å². The standard InChI is InChI=1S/C13H14.C12H13NO2/c1-3-11-7-5-9-12-8-4-6-10(2)13(11)12;1-9(5-6-10(2)12(14)15)11-4-3-7-13-8-11/h4-9H,3H2,1-2H3;3-8H,1-2H3,(H,14,15)/b;9-5+,10-6+. The van der Waals surface area contributed by atoms with Crippen molar-refractivity contribution in [3.05, 3.63) is 95.3 Å². The van der Waals surface area contributed by atoms with Crippen molar-refractivity contribution in [3.8, 4) is 0 Å². The molecule has 0 amide bonds. The Hall–Kier alpha value is -3.20. The van der Waals surface area contributed by atoms with Gasteiger partial charge in [-0.15, -0.1) is 0 Å². The molecule has 3 rings (SSSR count). The van der Waals surface area contributed by atoms with E-state index in [1.54, 1.807) is 31.5 Å². The van der Waals surface area contributed by atoms with Gasteiger partial charge in [0.25, 0.3) is 0 Å². The van der Waals surface area contributed by atoms with Crippen molar-refractivity contribution in [2.75, 3.05) is 0 Å². The number of rotatable bonds is 4. The highest BCUT2D eigenvalue weighted by Crippen LogP contribution is 2.22. The lowest BCUT2D eigenvalue weighted by Gasteiger charge is -2.06. The number of carboxylic acids is 1. The van der Waals surface area contributed by atoms with Gasteiger partial charge in [-0.1, -0.05) is 61.5 Å². The van der Waals surface area contributed by atoms with E-state index in [1.165, 1.54) is 21.9 Å². The van der Waals surface area contributed by atoms with Crippen molar-refractivity contribution >= 4 is 22.3 Å². The predicted octanol–water partition coefficient (Wildman–Crippen LogP) is 6.23. The predicted molar refractivity (Wildman–Crippen MR) is 117 cm³/mol. The molecule has 0 aliphatic heterocycles. The highest BCUT2D eigenvalue weighted by Gasteiger charge is 2.00. The summed E-state index contributed by atoms with van der Waals surface area (Å²) in [7, 11) is 0. The first kappa shape index (κ1) is 21.1. The van der Waals surface area contributed by atoms with Crippen LogP contribution in [0.3, 0.4) is 0 Å². The van der Waals surface area contributed by atoms with Crippen LogP contribution in [-0.2, 0) is 11.2 Å². The molecule has 0 saturated carbocycles. The summed E-state index contributed by atoms with van der Waals surface area (Å²) in [6.07, 6.45) is 7.93. The molecule has 0 aliphatic rings. The number of nitrogens with zero attached hydrogens (tertiary/aromatic N) is 1. The number of aromatic nitrogens is 1. The number of aliphatic carboxylic acids is 1. The number of allylic oxidation sites excluding steroid dienone is 3. The number of carbonyl (C=O) groups is 1. The minimum atomic E-state index is -0.898. The zero-order chi connectivity index (χ0) is 20.5. The highest BCUT2D eigenvalue weighted by atomic mass is 16.4. The lowest BCUT2D eigenvalue weighted by molar-refractivity contribution is -0.132. The van der Waals surface area contributed by atoms with Crippen molar-refractivity contribution < 1.29 is 9.90 Å². The van der Waals surface area contributed by atoms with Crippen LogP contribution >= 0.6 is 0 Å². The molecule has 0 aliphatic carbocycles. The van der Waals surface area contributed by atoms with Gasteiger partial charge in [-0.3, -0.25) is 4.98 Å². The molecule has 1 heterocycles. The largest absolute Gasteiger partial charge is 0.478 e. The monoisotopic (exact) mass is 373 g/mol. The van der Waals surface area contributed by atoms with Crippen LogP contribution in [0.5, 0.6) is 0 Å². The van der Waals surface area contributed by atoms with Crippen LogP contribution in [0, 0.1) is 6.92 Å². The minimum Gasteiger partial charge on any atom is -0.478 e. The van der Waals surface area contributed by atoms with E-state index in [2.05, 4.69) is 55.2 Å². The Bertz CT molecular complexity index is 996. The van der Waals surface area contributed by atoms with E-state index in [1.807, 2.05) is 19.1 Å². The van der Waals surface area contributed by atoms with Gasteiger partial charge in [0.15, 0.2) is 0 Å². The van der Waals surface area contributed by atoms with Gasteiger partial charge < -0.3 is 5.11 Å². The van der Waals surface area contributed by atoms with Crippen LogP contribution in [0.15, 0.2) is 78.6 Å². The van der Waals surface area contributed by atoms with Gasteiger partial charge in [-0.05, 0) is 66.3 Å². The summed E-state index contributed by atoms with van der Waals surface area (Å²) in [5.41, 5.74) is 5.14. The average molecular weight is 373 g/mol. The Balaban J connectivity index is 0.000000202. The molecular weight excluding hydrogens is 346 g/mol. The molecule has 0 saturated heterocycles. The maximum Gasteiger partial charge on any atom is 0.331 e. The minimum absolute atomic E-state index is 0.318. The number of hydrogen-bond acceptors (Lipinski definition) is 2. The zero-order valence-corrected chi connectivity index (χ0v) is 16.9. The van der Waals surface area contributed by atoms with E-state index in [0.717, 1.165) is 17.6 Å². The van der Waals surface area contributed by atoms with Gasteiger partial charge >= 0.3 is 5.97 Å². The third-order valence-corrected chi connectivity index (χ3v) is 4.62. The van der Waals surface area contributed by atoms with Gasteiger partial charge in [0, 0.05) is 18.0 Å². The van der Waals surface area contributed by atoms with Crippen molar-refractivity contribution in [1.29, 1.82) is 0 Å². The average Bonchev–Trinajstić information content (AvgIpc) is 2.72. The molecule has 2 aromatic carbocycles. The van der Waals surface area contributed by atoms with Crippen LogP contribution in [0.4, 0.5) is 0 Å². The molecule has 1 aromatic heterocycles. The molecule has 3 heteroatoms. The lowest BCUT2D eigenvalue weighted by Crippen LogP contribution is -1.94. The van der Waals surface area contributed by atoms with Crippen LogP contribution in [-0.4, -0.2) is 16.1 Å². The van der Waals surface area contributed by atoms with Gasteiger partial charge in [-0.25, -0.2) is 4.79 Å². The van der Waals surface area contributed by atoms with E-state index in [4.69, 9.17) is 5.11 Å². The fraction of sp³-hybridized carbons (Fsp3) is 0.200. The maximum absolute atomic E-state index is 10.5.